The Morgan fingerprint density at radius 2 is 1.92 bits per heavy atom. The third-order valence-electron chi connectivity index (χ3n) is 6.51. The minimum absolute atomic E-state index is 0.0103. The number of carbonyl (C=O) groups is 3. The minimum atomic E-state index is -1.13. The predicted octanol–water partition coefficient (Wildman–Crippen LogP) is 5.45. The lowest BCUT2D eigenvalue weighted by Crippen LogP contribution is -2.32. The summed E-state index contributed by atoms with van der Waals surface area (Å²) in [7, 11) is 1.48. The topological polar surface area (TPSA) is 146 Å². The Hall–Kier alpha value is -5.09. The van der Waals surface area contributed by atoms with Gasteiger partial charge in [-0.25, -0.2) is 9.78 Å². The zero-order valence-electron chi connectivity index (χ0n) is 20.1. The third kappa shape index (κ3) is 3.98. The van der Waals surface area contributed by atoms with Crippen LogP contribution in [0.25, 0.3) is 22.0 Å². The number of benzene rings is 3. The maximum atomic E-state index is 13.8. The third-order valence-corrected chi connectivity index (χ3v) is 6.74. The number of anilines is 1. The van der Waals surface area contributed by atoms with Crippen molar-refractivity contribution in [3.63, 3.8) is 0 Å². The maximum Gasteiger partial charge on any atom is 0.335 e. The summed E-state index contributed by atoms with van der Waals surface area (Å²) in [5, 5.41) is 21.4. The van der Waals surface area contributed by atoms with Gasteiger partial charge in [-0.3, -0.25) is 14.5 Å². The Morgan fingerprint density at radius 1 is 1.10 bits per heavy atom. The van der Waals surface area contributed by atoms with E-state index in [0.717, 1.165) is 4.90 Å². The highest BCUT2D eigenvalue weighted by Crippen LogP contribution is 2.42. The molecular formula is C28H18ClN3O7. The number of aromatic nitrogens is 2. The van der Waals surface area contributed by atoms with E-state index in [1.807, 2.05) is 0 Å². The Bertz CT molecular complexity index is 1870. The number of amides is 1. The zero-order valence-corrected chi connectivity index (χ0v) is 20.9. The number of nitrogens with zero attached hydrogens (tertiary/aromatic N) is 2. The molecule has 0 saturated heterocycles. The van der Waals surface area contributed by atoms with Crippen molar-refractivity contribution in [2.45, 2.75) is 6.04 Å². The highest BCUT2D eigenvalue weighted by Gasteiger charge is 2.46. The summed E-state index contributed by atoms with van der Waals surface area (Å²) in [6, 6.07) is 16.2. The van der Waals surface area contributed by atoms with Crippen molar-refractivity contribution in [1.29, 1.82) is 0 Å². The van der Waals surface area contributed by atoms with Crippen LogP contribution in [-0.2, 0) is 4.79 Å². The van der Waals surface area contributed by atoms with Crippen molar-refractivity contribution in [2.24, 2.45) is 0 Å². The summed E-state index contributed by atoms with van der Waals surface area (Å²) in [4.78, 5) is 47.3. The highest BCUT2D eigenvalue weighted by atomic mass is 35.5. The molecule has 11 heteroatoms. The van der Waals surface area contributed by atoms with E-state index in [1.54, 1.807) is 42.5 Å². The fraction of sp³-hybridized carbons (Fsp3) is 0.0714. The van der Waals surface area contributed by atoms with Crippen molar-refractivity contribution < 1.29 is 33.8 Å². The number of fused-ring (bicyclic) bond motifs is 2. The molecule has 0 aliphatic carbocycles. The molecule has 0 saturated carbocycles. The first kappa shape index (κ1) is 24.3. The summed E-state index contributed by atoms with van der Waals surface area (Å²) in [5.74, 6) is -3.08. The molecule has 5 aromatic rings. The van der Waals surface area contributed by atoms with Crippen LogP contribution in [0.4, 0.5) is 5.95 Å². The van der Waals surface area contributed by atoms with Crippen LogP contribution in [0.15, 0.2) is 82.5 Å². The molecule has 1 unspecified atom stereocenters. The van der Waals surface area contributed by atoms with Crippen LogP contribution >= 0.6 is 11.6 Å². The molecule has 0 spiro atoms. The lowest BCUT2D eigenvalue weighted by atomic mass is 9.95. The molecule has 6 rings (SSSR count). The van der Waals surface area contributed by atoms with Crippen LogP contribution in [0, 0.1) is 0 Å². The van der Waals surface area contributed by atoms with Crippen LogP contribution in [-0.4, -0.2) is 45.0 Å². The second kappa shape index (κ2) is 9.03. The van der Waals surface area contributed by atoms with E-state index in [4.69, 9.17) is 20.8 Å². The number of hydrogen-bond donors (Lipinski definition) is 3. The molecule has 1 atom stereocenters. The van der Waals surface area contributed by atoms with Gasteiger partial charge in [-0.05, 0) is 60.2 Å². The Morgan fingerprint density at radius 3 is 2.69 bits per heavy atom. The molecule has 10 nitrogen and oxygen atoms in total. The van der Waals surface area contributed by atoms with Gasteiger partial charge >= 0.3 is 5.97 Å². The molecule has 39 heavy (non-hydrogen) atoms. The first-order chi connectivity index (χ1) is 18.7. The number of aromatic carboxylic acids is 1. The number of methoxy groups -OCH3 is 1. The van der Waals surface area contributed by atoms with Crippen molar-refractivity contribution in [2.75, 3.05) is 12.0 Å². The number of aliphatic hydroxyl groups excluding tert-OH is 1. The molecule has 0 bridgehead atoms. The first-order valence-electron chi connectivity index (χ1n) is 11.6. The number of hydrogen-bond acceptors (Lipinski definition) is 7. The van der Waals surface area contributed by atoms with Gasteiger partial charge in [-0.1, -0.05) is 23.7 Å². The molecule has 2 aromatic heterocycles. The van der Waals surface area contributed by atoms with Crippen molar-refractivity contribution in [1.82, 2.24) is 9.97 Å². The van der Waals surface area contributed by atoms with Crippen LogP contribution in [0.5, 0.6) is 5.75 Å². The molecule has 0 radical (unpaired) electrons. The molecule has 1 aliphatic rings. The maximum absolute atomic E-state index is 13.8. The zero-order chi connectivity index (χ0) is 27.4. The molecule has 194 valence electrons. The number of ketones is 1. The second-order valence-corrected chi connectivity index (χ2v) is 9.27. The Kier molecular flexibility index (Phi) is 5.62. The van der Waals surface area contributed by atoms with Crippen LogP contribution < -0.4 is 9.64 Å². The summed E-state index contributed by atoms with van der Waals surface area (Å²) < 4.78 is 11.1. The van der Waals surface area contributed by atoms with E-state index in [0.29, 0.717) is 38.3 Å². The number of carboxylic acid groups (broad SMARTS) is 1. The minimum Gasteiger partial charge on any atom is -0.503 e. The monoisotopic (exact) mass is 543 g/mol. The van der Waals surface area contributed by atoms with Gasteiger partial charge < -0.3 is 24.4 Å². The number of nitrogens with one attached hydrogen (secondary N) is 1. The van der Waals surface area contributed by atoms with Crippen molar-refractivity contribution in [3.05, 3.63) is 100.0 Å². The van der Waals surface area contributed by atoms with E-state index in [1.165, 1.54) is 31.4 Å². The number of halogens is 1. The lowest BCUT2D eigenvalue weighted by molar-refractivity contribution is -0.117. The normalized spacial score (nSPS) is 15.5. The Balaban J connectivity index is 1.51. The van der Waals surface area contributed by atoms with Gasteiger partial charge in [0.1, 0.15) is 11.3 Å². The van der Waals surface area contributed by atoms with Gasteiger partial charge in [0, 0.05) is 10.4 Å². The van der Waals surface area contributed by atoms with Gasteiger partial charge in [-0.2, -0.15) is 0 Å². The van der Waals surface area contributed by atoms with Gasteiger partial charge in [0.15, 0.2) is 11.5 Å². The molecule has 3 N–H and O–H groups in total. The number of imidazole rings is 1. The smallest absolute Gasteiger partial charge is 0.335 e. The van der Waals surface area contributed by atoms with Crippen molar-refractivity contribution in [3.8, 4) is 5.75 Å². The average Bonchev–Trinajstić information content (AvgIpc) is 3.61. The second-order valence-electron chi connectivity index (χ2n) is 8.84. The standard InChI is InChI=1S/C28H18ClN3O7/c1-38-17-4-2-3-13(10-17)23-22(24(33)21-12-15-9-16(29)6-8-20(15)39-21)25(34)26(35)32(23)28-30-18-7-5-14(27(36)37)11-19(18)31-28/h2-12,23,34H,1H3,(H,30,31)(H,36,37). The van der Waals surface area contributed by atoms with E-state index in [9.17, 15) is 24.6 Å². The quantitative estimate of drug-likeness (QED) is 0.239. The number of aliphatic hydroxyl groups is 1. The molecule has 3 aromatic carbocycles. The van der Waals surface area contributed by atoms with Crippen LogP contribution in [0.2, 0.25) is 5.02 Å². The lowest BCUT2D eigenvalue weighted by Gasteiger charge is -2.24. The number of H-pyrrole nitrogens is 1. The van der Waals surface area contributed by atoms with E-state index < -0.39 is 29.5 Å². The van der Waals surface area contributed by atoms with E-state index in [-0.39, 0.29) is 22.8 Å². The summed E-state index contributed by atoms with van der Waals surface area (Å²) in [5.41, 5.74) is 1.42. The Labute approximate surface area is 224 Å². The van der Waals surface area contributed by atoms with Crippen LogP contribution in [0.3, 0.4) is 0 Å². The predicted molar refractivity (Wildman–Crippen MR) is 141 cm³/mol. The number of rotatable bonds is 6. The fourth-order valence-corrected chi connectivity index (χ4v) is 4.87. The number of furan rings is 1. The van der Waals surface area contributed by atoms with Gasteiger partial charge in [0.25, 0.3) is 5.91 Å². The van der Waals surface area contributed by atoms with Gasteiger partial charge in [0.2, 0.25) is 11.7 Å². The highest BCUT2D eigenvalue weighted by molar-refractivity contribution is 6.31. The first-order valence-corrected chi connectivity index (χ1v) is 12.0. The fourth-order valence-electron chi connectivity index (χ4n) is 4.68. The molecule has 1 amide bonds. The summed E-state index contributed by atoms with van der Waals surface area (Å²) >= 11 is 6.07. The molecule has 3 heterocycles. The molecule has 1 aliphatic heterocycles. The number of carbonyl (C=O) groups excluding carboxylic acids is 2. The summed E-state index contributed by atoms with van der Waals surface area (Å²) in [6.07, 6.45) is 0. The van der Waals surface area contributed by atoms with Crippen LogP contribution in [0.1, 0.15) is 32.5 Å². The van der Waals surface area contributed by atoms with Gasteiger partial charge in [-0.15, -0.1) is 0 Å². The largest absolute Gasteiger partial charge is 0.503 e. The van der Waals surface area contributed by atoms with Gasteiger partial charge in [0.05, 0.1) is 35.3 Å². The summed E-state index contributed by atoms with van der Waals surface area (Å²) in [6.45, 7) is 0. The van der Waals surface area contributed by atoms with E-state index >= 15 is 0 Å². The number of carboxylic acids is 1. The molecule has 0 fully saturated rings. The number of aromatic amines is 1. The molecular weight excluding hydrogens is 526 g/mol. The SMILES string of the molecule is COc1cccc(C2C(C(=O)c3cc4cc(Cl)ccc4o3)=C(O)C(=O)N2c2nc3ccc(C(=O)O)cc3[nH]2)c1. The van der Waals surface area contributed by atoms with Crippen molar-refractivity contribution >= 4 is 57.2 Å². The van der Waals surface area contributed by atoms with E-state index in [2.05, 4.69) is 9.97 Å². The average molecular weight is 544 g/mol. The number of Topliss-reactive ketones (excluding diaryl/α,β-unsaturated/α-hetero) is 1. The number of ether oxygens (including phenoxy) is 1.